The van der Waals surface area contributed by atoms with E-state index in [2.05, 4.69) is 32.6 Å². The molecule has 0 radical (unpaired) electrons. The van der Waals surface area contributed by atoms with Crippen molar-refractivity contribution in [1.29, 1.82) is 0 Å². The van der Waals surface area contributed by atoms with Gasteiger partial charge in [0, 0.05) is 24.9 Å². The third-order valence-electron chi connectivity index (χ3n) is 5.46. The molecule has 0 bridgehead atoms. The van der Waals surface area contributed by atoms with Crippen molar-refractivity contribution >= 4 is 17.9 Å². The second kappa shape index (κ2) is 8.05. The van der Waals surface area contributed by atoms with E-state index in [1.54, 1.807) is 0 Å². The highest BCUT2D eigenvalue weighted by Crippen LogP contribution is 2.52. The second-order valence-corrected chi connectivity index (χ2v) is 7.64. The molecule has 2 aliphatic rings. The molecule has 2 amide bonds. The standard InChI is InChI=1S/C23H28N2O2/c1-4-17-19(14-15(2)3)18(11-10-16-8-6-5-7-9-16)21-20(17)22(26)25(13-12-24)23(21)27/h4-11,14-15,17-18,20-21H,1,12-13,24H2,2-3H3/b11-10-,19-14+/t17-,18+,20+,21-/m0/s1. The van der Waals surface area contributed by atoms with Crippen molar-refractivity contribution in [1.82, 2.24) is 4.90 Å². The Morgan fingerprint density at radius 3 is 2.30 bits per heavy atom. The van der Waals surface area contributed by atoms with Crippen LogP contribution < -0.4 is 5.73 Å². The van der Waals surface area contributed by atoms with Crippen molar-refractivity contribution in [2.75, 3.05) is 13.1 Å². The predicted octanol–water partition coefficient (Wildman–Crippen LogP) is 3.27. The molecule has 142 valence electrons. The molecule has 1 aliphatic heterocycles. The highest BCUT2D eigenvalue weighted by atomic mass is 16.2. The molecule has 27 heavy (non-hydrogen) atoms. The summed E-state index contributed by atoms with van der Waals surface area (Å²) in [7, 11) is 0. The number of nitrogens with two attached hydrogens (primary N) is 1. The molecule has 4 heteroatoms. The molecule has 0 unspecified atom stereocenters. The molecule has 1 saturated heterocycles. The number of nitrogens with zero attached hydrogens (tertiary/aromatic N) is 1. The van der Waals surface area contributed by atoms with Crippen molar-refractivity contribution in [3.63, 3.8) is 0 Å². The number of fused-ring (bicyclic) bond motifs is 1. The first-order chi connectivity index (χ1) is 13.0. The number of imide groups is 1. The zero-order valence-electron chi connectivity index (χ0n) is 16.0. The number of rotatable bonds is 6. The van der Waals surface area contributed by atoms with Gasteiger partial charge in [0.15, 0.2) is 0 Å². The zero-order valence-corrected chi connectivity index (χ0v) is 16.0. The van der Waals surface area contributed by atoms with Gasteiger partial charge in [-0.05, 0) is 11.5 Å². The van der Waals surface area contributed by atoms with Crippen molar-refractivity contribution in [2.45, 2.75) is 13.8 Å². The fraction of sp³-hybridized carbons (Fsp3) is 0.391. The molecule has 2 fully saturated rings. The highest BCUT2D eigenvalue weighted by Gasteiger charge is 2.58. The van der Waals surface area contributed by atoms with Crippen molar-refractivity contribution in [3.8, 4) is 0 Å². The number of hydrogen-bond donors (Lipinski definition) is 1. The molecule has 2 N–H and O–H groups in total. The number of carbonyl (C=O) groups excluding carboxylic acids is 2. The average molecular weight is 364 g/mol. The molecule has 1 aromatic carbocycles. The zero-order chi connectivity index (χ0) is 19.6. The number of amides is 2. The second-order valence-electron chi connectivity index (χ2n) is 7.64. The maximum atomic E-state index is 13.1. The maximum absolute atomic E-state index is 13.1. The Kier molecular flexibility index (Phi) is 5.76. The fourth-order valence-electron chi connectivity index (χ4n) is 4.42. The number of benzene rings is 1. The summed E-state index contributed by atoms with van der Waals surface area (Å²) in [5.41, 5.74) is 7.84. The van der Waals surface area contributed by atoms with Crippen LogP contribution >= 0.6 is 0 Å². The van der Waals surface area contributed by atoms with Crippen LogP contribution in [0, 0.1) is 29.6 Å². The quantitative estimate of drug-likeness (QED) is 0.622. The van der Waals surface area contributed by atoms with E-state index in [1.807, 2.05) is 42.5 Å². The lowest BCUT2D eigenvalue weighted by molar-refractivity contribution is -0.140. The van der Waals surface area contributed by atoms with Crippen LogP contribution in [0.4, 0.5) is 0 Å². The Bertz CT molecular complexity index is 779. The average Bonchev–Trinajstić information content (AvgIpc) is 3.08. The third-order valence-corrected chi connectivity index (χ3v) is 5.46. The van der Waals surface area contributed by atoms with Crippen LogP contribution in [0.1, 0.15) is 19.4 Å². The first kappa shape index (κ1) is 19.3. The Balaban J connectivity index is 2.03. The molecule has 3 rings (SSSR count). The van der Waals surface area contributed by atoms with Crippen LogP contribution in [0.15, 0.2) is 60.7 Å². The summed E-state index contributed by atoms with van der Waals surface area (Å²) in [5, 5.41) is 0. The predicted molar refractivity (Wildman–Crippen MR) is 108 cm³/mol. The van der Waals surface area contributed by atoms with Gasteiger partial charge in [-0.2, -0.15) is 0 Å². The fourth-order valence-corrected chi connectivity index (χ4v) is 4.42. The number of likely N-dealkylation sites (tertiary alicyclic amines) is 1. The van der Waals surface area contributed by atoms with Gasteiger partial charge in [-0.25, -0.2) is 0 Å². The van der Waals surface area contributed by atoms with Crippen LogP contribution in [0.3, 0.4) is 0 Å². The van der Waals surface area contributed by atoms with Crippen molar-refractivity contribution < 1.29 is 9.59 Å². The number of hydrogen-bond acceptors (Lipinski definition) is 3. The molecule has 1 heterocycles. The molecular weight excluding hydrogens is 336 g/mol. The molecule has 4 nitrogen and oxygen atoms in total. The summed E-state index contributed by atoms with van der Waals surface area (Å²) in [5.74, 6) is -0.808. The molecule has 1 aliphatic carbocycles. The molecule has 0 spiro atoms. The van der Waals surface area contributed by atoms with Crippen LogP contribution in [0.5, 0.6) is 0 Å². The Labute approximate surface area is 161 Å². The minimum Gasteiger partial charge on any atom is -0.329 e. The van der Waals surface area contributed by atoms with Crippen LogP contribution in [-0.4, -0.2) is 29.8 Å². The first-order valence-electron chi connectivity index (χ1n) is 9.62. The summed E-state index contributed by atoms with van der Waals surface area (Å²) in [6, 6.07) is 10.0. The summed E-state index contributed by atoms with van der Waals surface area (Å²) >= 11 is 0. The van der Waals surface area contributed by atoms with Gasteiger partial charge in [-0.3, -0.25) is 14.5 Å². The molecule has 1 aromatic rings. The number of allylic oxidation sites excluding steroid dienone is 4. The normalized spacial score (nSPS) is 29.3. The van der Waals surface area contributed by atoms with Crippen molar-refractivity contribution in [2.24, 2.45) is 35.3 Å². The van der Waals surface area contributed by atoms with Gasteiger partial charge in [0.2, 0.25) is 11.8 Å². The van der Waals surface area contributed by atoms with E-state index >= 15 is 0 Å². The van der Waals surface area contributed by atoms with Gasteiger partial charge in [-0.15, -0.1) is 6.58 Å². The lowest BCUT2D eigenvalue weighted by Gasteiger charge is -2.21. The lowest BCUT2D eigenvalue weighted by Crippen LogP contribution is -2.37. The maximum Gasteiger partial charge on any atom is 0.234 e. The van der Waals surface area contributed by atoms with Gasteiger partial charge in [0.25, 0.3) is 0 Å². The largest absolute Gasteiger partial charge is 0.329 e. The summed E-state index contributed by atoms with van der Waals surface area (Å²) in [4.78, 5) is 27.4. The lowest BCUT2D eigenvalue weighted by atomic mass is 9.88. The summed E-state index contributed by atoms with van der Waals surface area (Å²) < 4.78 is 0. The van der Waals surface area contributed by atoms with E-state index in [4.69, 9.17) is 5.73 Å². The van der Waals surface area contributed by atoms with E-state index < -0.39 is 0 Å². The van der Waals surface area contributed by atoms with Gasteiger partial charge in [0.05, 0.1) is 11.8 Å². The molecule has 4 atom stereocenters. The van der Waals surface area contributed by atoms with E-state index in [-0.39, 0.29) is 48.6 Å². The van der Waals surface area contributed by atoms with Crippen LogP contribution in [0.25, 0.3) is 6.08 Å². The minimum atomic E-state index is -0.364. The topological polar surface area (TPSA) is 63.4 Å². The summed E-state index contributed by atoms with van der Waals surface area (Å²) in [6.45, 7) is 8.77. The Hall–Kier alpha value is -2.46. The van der Waals surface area contributed by atoms with E-state index in [0.717, 1.165) is 11.1 Å². The van der Waals surface area contributed by atoms with Gasteiger partial charge < -0.3 is 5.73 Å². The Morgan fingerprint density at radius 2 is 1.74 bits per heavy atom. The molecular formula is C23H28N2O2. The Morgan fingerprint density at radius 1 is 1.11 bits per heavy atom. The third kappa shape index (κ3) is 3.54. The van der Waals surface area contributed by atoms with Gasteiger partial charge >= 0.3 is 0 Å². The van der Waals surface area contributed by atoms with E-state index in [0.29, 0.717) is 5.92 Å². The molecule has 0 aromatic heterocycles. The first-order valence-corrected chi connectivity index (χ1v) is 9.62. The number of carbonyl (C=O) groups is 2. The molecule has 1 saturated carbocycles. The van der Waals surface area contributed by atoms with Gasteiger partial charge in [0.1, 0.15) is 0 Å². The highest BCUT2D eigenvalue weighted by molar-refractivity contribution is 6.07. The van der Waals surface area contributed by atoms with Crippen molar-refractivity contribution in [3.05, 3.63) is 66.3 Å². The smallest absolute Gasteiger partial charge is 0.234 e. The SMILES string of the molecule is C=C[C@H]1/C(=C\C(C)C)[C@@H](/C=C\c2ccccc2)[C@@H]2C(=O)N(CCN)C(=O)[C@@H]21. The van der Waals surface area contributed by atoms with E-state index in [1.165, 1.54) is 4.90 Å². The minimum absolute atomic E-state index is 0.0974. The van der Waals surface area contributed by atoms with Crippen LogP contribution in [0.2, 0.25) is 0 Å². The van der Waals surface area contributed by atoms with Gasteiger partial charge in [-0.1, -0.05) is 74.1 Å². The van der Waals surface area contributed by atoms with Crippen LogP contribution in [-0.2, 0) is 9.59 Å². The van der Waals surface area contributed by atoms with E-state index in [9.17, 15) is 9.59 Å². The monoisotopic (exact) mass is 364 g/mol. The summed E-state index contributed by atoms with van der Waals surface area (Å²) in [6.07, 6.45) is 8.16.